The molecule has 102 valence electrons. The van der Waals surface area contributed by atoms with Gasteiger partial charge in [0.25, 0.3) is 0 Å². The number of hydrogen-bond donors (Lipinski definition) is 0. The van der Waals surface area contributed by atoms with E-state index < -0.39 is 0 Å². The van der Waals surface area contributed by atoms with Gasteiger partial charge in [0, 0.05) is 10.5 Å². The Morgan fingerprint density at radius 3 is 2.50 bits per heavy atom. The Hall–Kier alpha value is -1.99. The Morgan fingerprint density at radius 1 is 1.15 bits per heavy atom. The molecule has 0 spiro atoms. The number of rotatable bonds is 4. The monoisotopic (exact) mass is 287 g/mol. The van der Waals surface area contributed by atoms with Crippen LogP contribution < -0.4 is 4.74 Å². The second-order valence-corrected chi connectivity index (χ2v) is 5.35. The summed E-state index contributed by atoms with van der Waals surface area (Å²) < 4.78 is 19.1. The SMILES string of the molecule is COc1c(Sc2ccccc2F)cccc1C(C)C#N. The molecule has 0 bridgehead atoms. The second-order valence-electron chi connectivity index (χ2n) is 4.26. The molecular formula is C16H14FNOS. The molecule has 2 aromatic carbocycles. The fourth-order valence-electron chi connectivity index (χ4n) is 1.89. The van der Waals surface area contributed by atoms with Crippen molar-refractivity contribution >= 4 is 11.8 Å². The first-order chi connectivity index (χ1) is 9.67. The molecule has 2 nitrogen and oxygen atoms in total. The molecule has 20 heavy (non-hydrogen) atoms. The molecule has 0 aliphatic heterocycles. The predicted molar refractivity (Wildman–Crippen MR) is 77.5 cm³/mol. The molecule has 1 unspecified atom stereocenters. The van der Waals surface area contributed by atoms with Gasteiger partial charge in [-0.25, -0.2) is 4.39 Å². The van der Waals surface area contributed by atoms with Gasteiger partial charge in [0.05, 0.1) is 24.0 Å². The van der Waals surface area contributed by atoms with Crippen molar-refractivity contribution in [3.63, 3.8) is 0 Å². The largest absolute Gasteiger partial charge is 0.495 e. The average molecular weight is 287 g/mol. The Kier molecular flexibility index (Phi) is 4.65. The number of para-hydroxylation sites is 1. The zero-order chi connectivity index (χ0) is 14.5. The highest BCUT2D eigenvalue weighted by Gasteiger charge is 2.16. The Bertz CT molecular complexity index is 651. The molecule has 0 saturated heterocycles. The van der Waals surface area contributed by atoms with Crippen LogP contribution in [0.5, 0.6) is 5.75 Å². The van der Waals surface area contributed by atoms with Crippen molar-refractivity contribution in [1.82, 2.24) is 0 Å². The summed E-state index contributed by atoms with van der Waals surface area (Å²) in [6.45, 7) is 1.81. The van der Waals surface area contributed by atoms with Crippen molar-refractivity contribution in [3.05, 3.63) is 53.8 Å². The predicted octanol–water partition coefficient (Wildman–Crippen LogP) is 4.61. The topological polar surface area (TPSA) is 33.0 Å². The molecule has 0 fully saturated rings. The van der Waals surface area contributed by atoms with Crippen LogP contribution in [0, 0.1) is 17.1 Å². The summed E-state index contributed by atoms with van der Waals surface area (Å²) in [6.07, 6.45) is 0. The lowest BCUT2D eigenvalue weighted by molar-refractivity contribution is 0.398. The van der Waals surface area contributed by atoms with Crippen LogP contribution in [0.3, 0.4) is 0 Å². The maximum atomic E-state index is 13.7. The van der Waals surface area contributed by atoms with Crippen molar-refractivity contribution < 1.29 is 9.13 Å². The quantitative estimate of drug-likeness (QED) is 0.823. The first kappa shape index (κ1) is 14.4. The molecule has 0 aliphatic rings. The van der Waals surface area contributed by atoms with Crippen LogP contribution in [0.1, 0.15) is 18.4 Å². The molecule has 2 rings (SSSR count). The van der Waals surface area contributed by atoms with E-state index >= 15 is 0 Å². The molecule has 0 aromatic heterocycles. The van der Waals surface area contributed by atoms with Crippen molar-refractivity contribution in [2.75, 3.05) is 7.11 Å². The summed E-state index contributed by atoms with van der Waals surface area (Å²) in [6, 6.07) is 14.4. The number of benzene rings is 2. The fraction of sp³-hybridized carbons (Fsp3) is 0.188. The van der Waals surface area contributed by atoms with Gasteiger partial charge in [-0.15, -0.1) is 0 Å². The van der Waals surface area contributed by atoms with Crippen LogP contribution >= 0.6 is 11.8 Å². The zero-order valence-corrected chi connectivity index (χ0v) is 12.1. The number of nitrogens with zero attached hydrogens (tertiary/aromatic N) is 1. The highest BCUT2D eigenvalue weighted by atomic mass is 32.2. The standard InChI is InChI=1S/C16H14FNOS/c1-11(10-18)12-6-5-9-15(16(12)19-2)20-14-8-4-3-7-13(14)17/h3-9,11H,1-2H3. The van der Waals surface area contributed by atoms with E-state index in [-0.39, 0.29) is 11.7 Å². The smallest absolute Gasteiger partial charge is 0.137 e. The van der Waals surface area contributed by atoms with Gasteiger partial charge < -0.3 is 4.74 Å². The minimum atomic E-state index is -0.272. The van der Waals surface area contributed by atoms with Crippen LogP contribution in [0.25, 0.3) is 0 Å². The molecule has 0 aliphatic carbocycles. The van der Waals surface area contributed by atoms with Gasteiger partial charge in [-0.05, 0) is 25.1 Å². The third kappa shape index (κ3) is 2.94. The first-order valence-electron chi connectivity index (χ1n) is 6.16. The summed E-state index contributed by atoms with van der Waals surface area (Å²) in [5, 5.41) is 9.06. The van der Waals surface area contributed by atoms with Gasteiger partial charge in [-0.2, -0.15) is 5.26 Å². The minimum absolute atomic E-state index is 0.265. The van der Waals surface area contributed by atoms with E-state index in [1.54, 1.807) is 25.3 Å². The Morgan fingerprint density at radius 2 is 1.85 bits per heavy atom. The Balaban J connectivity index is 2.43. The van der Waals surface area contributed by atoms with E-state index in [2.05, 4.69) is 6.07 Å². The summed E-state index contributed by atoms with van der Waals surface area (Å²) >= 11 is 1.30. The van der Waals surface area contributed by atoms with Gasteiger partial charge >= 0.3 is 0 Å². The highest BCUT2D eigenvalue weighted by Crippen LogP contribution is 2.40. The van der Waals surface area contributed by atoms with E-state index in [9.17, 15) is 4.39 Å². The van der Waals surface area contributed by atoms with Gasteiger partial charge in [-0.1, -0.05) is 36.0 Å². The zero-order valence-electron chi connectivity index (χ0n) is 11.3. The third-order valence-corrected chi connectivity index (χ3v) is 4.02. The summed E-state index contributed by atoms with van der Waals surface area (Å²) in [5.41, 5.74) is 0.816. The normalized spacial score (nSPS) is 11.7. The minimum Gasteiger partial charge on any atom is -0.495 e. The van der Waals surface area contributed by atoms with Crippen molar-refractivity contribution in [2.45, 2.75) is 22.6 Å². The van der Waals surface area contributed by atoms with Crippen LogP contribution in [0.4, 0.5) is 4.39 Å². The Labute approximate surface area is 122 Å². The van der Waals surface area contributed by atoms with E-state index in [0.717, 1.165) is 10.5 Å². The van der Waals surface area contributed by atoms with Crippen LogP contribution in [0.15, 0.2) is 52.3 Å². The molecule has 0 saturated carbocycles. The van der Waals surface area contributed by atoms with Crippen LogP contribution in [-0.4, -0.2) is 7.11 Å². The number of hydrogen-bond acceptors (Lipinski definition) is 3. The molecule has 0 heterocycles. The summed E-state index contributed by atoms with van der Waals surface area (Å²) in [4.78, 5) is 1.34. The summed E-state index contributed by atoms with van der Waals surface area (Å²) in [7, 11) is 1.56. The molecule has 4 heteroatoms. The first-order valence-corrected chi connectivity index (χ1v) is 6.98. The fourth-order valence-corrected chi connectivity index (χ4v) is 2.88. The highest BCUT2D eigenvalue weighted by molar-refractivity contribution is 7.99. The number of nitriles is 1. The lowest BCUT2D eigenvalue weighted by atomic mass is 10.0. The molecule has 0 N–H and O–H groups in total. The second kappa shape index (κ2) is 6.44. The number of ether oxygens (including phenoxy) is 1. The molecule has 1 atom stereocenters. The van der Waals surface area contributed by atoms with E-state index in [1.165, 1.54) is 17.8 Å². The molecule has 2 aromatic rings. The number of methoxy groups -OCH3 is 1. The molecule has 0 amide bonds. The van der Waals surface area contributed by atoms with Gasteiger partial charge in [0.15, 0.2) is 0 Å². The number of halogens is 1. The van der Waals surface area contributed by atoms with Gasteiger partial charge in [0.2, 0.25) is 0 Å². The lowest BCUT2D eigenvalue weighted by Crippen LogP contribution is -1.97. The third-order valence-electron chi connectivity index (χ3n) is 2.93. The summed E-state index contributed by atoms with van der Waals surface area (Å²) in [5.74, 6) is 0.0965. The average Bonchev–Trinajstić information content (AvgIpc) is 2.48. The van der Waals surface area contributed by atoms with Crippen LogP contribution in [0.2, 0.25) is 0 Å². The van der Waals surface area contributed by atoms with Crippen molar-refractivity contribution in [1.29, 1.82) is 5.26 Å². The van der Waals surface area contributed by atoms with Crippen molar-refractivity contribution in [3.8, 4) is 11.8 Å². The van der Waals surface area contributed by atoms with E-state index in [1.807, 2.05) is 25.1 Å². The maximum absolute atomic E-state index is 13.7. The van der Waals surface area contributed by atoms with Gasteiger partial charge in [-0.3, -0.25) is 0 Å². The molecule has 0 radical (unpaired) electrons. The van der Waals surface area contributed by atoms with Crippen molar-refractivity contribution in [2.24, 2.45) is 0 Å². The van der Waals surface area contributed by atoms with Crippen LogP contribution in [-0.2, 0) is 0 Å². The maximum Gasteiger partial charge on any atom is 0.137 e. The van der Waals surface area contributed by atoms with Gasteiger partial charge in [0.1, 0.15) is 11.6 Å². The van der Waals surface area contributed by atoms with E-state index in [4.69, 9.17) is 10.00 Å². The van der Waals surface area contributed by atoms with E-state index in [0.29, 0.717) is 10.6 Å². The lowest BCUT2D eigenvalue weighted by Gasteiger charge is -2.14. The molecular weight excluding hydrogens is 273 g/mol.